The Hall–Kier alpha value is -2.50. The Morgan fingerprint density at radius 1 is 1.35 bits per heavy atom. The van der Waals surface area contributed by atoms with E-state index in [2.05, 4.69) is 0 Å². The maximum atomic E-state index is 12.0. The number of phenols is 1. The smallest absolute Gasteiger partial charge is 0.342 e. The summed E-state index contributed by atoms with van der Waals surface area (Å²) in [4.78, 5) is 23.4. The number of hydrogen-bond donors (Lipinski definition) is 2. The lowest BCUT2D eigenvalue weighted by molar-refractivity contribution is -0.142. The van der Waals surface area contributed by atoms with Crippen LogP contribution in [0.25, 0.3) is 0 Å². The molecular formula is C20H24O6. The van der Waals surface area contributed by atoms with Crippen molar-refractivity contribution < 1.29 is 29.3 Å². The molecule has 1 aliphatic carbocycles. The number of methoxy groups -OCH3 is 1. The van der Waals surface area contributed by atoms with Crippen LogP contribution < -0.4 is 4.74 Å². The van der Waals surface area contributed by atoms with E-state index in [4.69, 9.17) is 9.47 Å². The van der Waals surface area contributed by atoms with Gasteiger partial charge in [-0.1, -0.05) is 18.1 Å². The minimum atomic E-state index is -0.753. The lowest BCUT2D eigenvalue weighted by atomic mass is 9.88. The highest BCUT2D eigenvalue weighted by Gasteiger charge is 2.34. The zero-order chi connectivity index (χ0) is 19.0. The maximum Gasteiger partial charge on any atom is 0.342 e. The second-order valence-corrected chi connectivity index (χ2v) is 7.05. The van der Waals surface area contributed by atoms with Gasteiger partial charge in [0.1, 0.15) is 23.7 Å². The van der Waals surface area contributed by atoms with Crippen LogP contribution in [-0.2, 0) is 22.6 Å². The molecule has 1 aliphatic heterocycles. The Labute approximate surface area is 152 Å². The monoisotopic (exact) mass is 360 g/mol. The standard InChI is InChI=1S/C20H24O6/c1-10(12-5-4-6-13(12)19(22)23)7-8-14-17(21)16-15(9-26-20(16)24)11(2)18(14)25-3/h7,12-13,21H,4-6,8-9H2,1-3H3,(H,22,23)/b10-7+. The first kappa shape index (κ1) is 18.3. The molecule has 3 rings (SSSR count). The number of carboxylic acids is 1. The summed E-state index contributed by atoms with van der Waals surface area (Å²) in [7, 11) is 1.53. The molecule has 0 radical (unpaired) electrons. The van der Waals surface area contributed by atoms with E-state index in [9.17, 15) is 19.8 Å². The lowest BCUT2D eigenvalue weighted by Gasteiger charge is -2.18. The summed E-state index contributed by atoms with van der Waals surface area (Å²) in [5, 5.41) is 20.0. The van der Waals surface area contributed by atoms with Gasteiger partial charge in [0.25, 0.3) is 0 Å². The average Bonchev–Trinajstić information content (AvgIpc) is 3.23. The van der Waals surface area contributed by atoms with Crippen molar-refractivity contribution in [3.8, 4) is 11.5 Å². The molecule has 6 heteroatoms. The van der Waals surface area contributed by atoms with Gasteiger partial charge in [0.2, 0.25) is 0 Å². The van der Waals surface area contributed by atoms with Crippen molar-refractivity contribution in [2.75, 3.05) is 7.11 Å². The van der Waals surface area contributed by atoms with Gasteiger partial charge in [0.15, 0.2) is 0 Å². The fraction of sp³-hybridized carbons (Fsp3) is 0.500. The highest BCUT2D eigenvalue weighted by molar-refractivity contribution is 5.98. The Morgan fingerprint density at radius 2 is 2.04 bits per heavy atom. The number of cyclic esters (lactones) is 1. The lowest BCUT2D eigenvalue weighted by Crippen LogP contribution is -2.19. The van der Waals surface area contributed by atoms with E-state index in [-0.39, 0.29) is 29.8 Å². The zero-order valence-corrected chi connectivity index (χ0v) is 15.3. The Balaban J connectivity index is 1.95. The molecule has 26 heavy (non-hydrogen) atoms. The maximum absolute atomic E-state index is 12.0. The molecule has 1 aromatic rings. The van der Waals surface area contributed by atoms with Crippen molar-refractivity contribution in [3.63, 3.8) is 0 Å². The molecule has 0 spiro atoms. The molecule has 140 valence electrons. The van der Waals surface area contributed by atoms with E-state index in [0.717, 1.165) is 24.0 Å². The van der Waals surface area contributed by atoms with Gasteiger partial charge >= 0.3 is 11.9 Å². The van der Waals surface area contributed by atoms with Gasteiger partial charge in [-0.05, 0) is 44.6 Å². The van der Waals surface area contributed by atoms with Gasteiger partial charge < -0.3 is 19.7 Å². The molecule has 2 unspecified atom stereocenters. The number of allylic oxidation sites excluding steroid dienone is 2. The topological polar surface area (TPSA) is 93.1 Å². The molecule has 1 saturated carbocycles. The number of hydrogen-bond acceptors (Lipinski definition) is 5. The van der Waals surface area contributed by atoms with Crippen molar-refractivity contribution in [1.82, 2.24) is 0 Å². The third kappa shape index (κ3) is 2.93. The van der Waals surface area contributed by atoms with Gasteiger partial charge in [-0.15, -0.1) is 0 Å². The third-order valence-electron chi connectivity index (χ3n) is 5.69. The van der Waals surface area contributed by atoms with E-state index < -0.39 is 11.9 Å². The summed E-state index contributed by atoms with van der Waals surface area (Å²) in [5.74, 6) is -1.16. The number of aromatic hydroxyl groups is 1. The number of carbonyl (C=O) groups is 2. The highest BCUT2D eigenvalue weighted by atomic mass is 16.5. The van der Waals surface area contributed by atoms with Gasteiger partial charge in [-0.25, -0.2) is 4.79 Å². The van der Waals surface area contributed by atoms with E-state index in [0.29, 0.717) is 29.7 Å². The second kappa shape index (κ2) is 7.02. The molecule has 1 fully saturated rings. The summed E-state index contributed by atoms with van der Waals surface area (Å²) in [6.45, 7) is 3.92. The number of ether oxygens (including phenoxy) is 2. The third-order valence-corrected chi connectivity index (χ3v) is 5.69. The summed E-state index contributed by atoms with van der Waals surface area (Å²) >= 11 is 0. The van der Waals surface area contributed by atoms with Crippen LogP contribution in [-0.4, -0.2) is 29.3 Å². The van der Waals surface area contributed by atoms with Crippen LogP contribution in [0.5, 0.6) is 11.5 Å². The second-order valence-electron chi connectivity index (χ2n) is 7.05. The van der Waals surface area contributed by atoms with Crippen molar-refractivity contribution >= 4 is 11.9 Å². The predicted octanol–water partition coefficient (Wildman–Crippen LogP) is 3.37. The van der Waals surface area contributed by atoms with Crippen LogP contribution in [0, 0.1) is 18.8 Å². The molecule has 1 aromatic carbocycles. The molecule has 2 atom stereocenters. The average molecular weight is 360 g/mol. The Morgan fingerprint density at radius 3 is 2.69 bits per heavy atom. The molecule has 0 aromatic heterocycles. The van der Waals surface area contributed by atoms with E-state index in [1.54, 1.807) is 0 Å². The Bertz CT molecular complexity index is 792. The molecule has 1 heterocycles. The van der Waals surface area contributed by atoms with Gasteiger partial charge in [0, 0.05) is 11.1 Å². The Kier molecular flexibility index (Phi) is 4.94. The van der Waals surface area contributed by atoms with Crippen LogP contribution in [0.1, 0.15) is 53.2 Å². The number of phenolic OH excluding ortho intramolecular Hbond substituents is 1. The number of fused-ring (bicyclic) bond motifs is 1. The minimum Gasteiger partial charge on any atom is -0.507 e. The number of carbonyl (C=O) groups excluding carboxylic acids is 1. The highest BCUT2D eigenvalue weighted by Crippen LogP contribution is 2.43. The number of esters is 1. The summed E-state index contributed by atoms with van der Waals surface area (Å²) in [6, 6.07) is 0. The van der Waals surface area contributed by atoms with Crippen LogP contribution in [0.15, 0.2) is 11.6 Å². The first-order valence-electron chi connectivity index (χ1n) is 8.84. The first-order valence-corrected chi connectivity index (χ1v) is 8.84. The van der Waals surface area contributed by atoms with Crippen molar-refractivity contribution in [3.05, 3.63) is 33.9 Å². The number of carboxylic acid groups (broad SMARTS) is 1. The van der Waals surface area contributed by atoms with Crippen LogP contribution in [0.4, 0.5) is 0 Å². The first-order chi connectivity index (χ1) is 12.4. The molecule has 6 nitrogen and oxygen atoms in total. The fourth-order valence-electron chi connectivity index (χ4n) is 4.24. The normalized spacial score (nSPS) is 22.3. The van der Waals surface area contributed by atoms with Crippen molar-refractivity contribution in [1.29, 1.82) is 0 Å². The summed E-state index contributed by atoms with van der Waals surface area (Å²) < 4.78 is 10.5. The van der Waals surface area contributed by atoms with Crippen molar-refractivity contribution in [2.45, 2.75) is 46.1 Å². The fourth-order valence-corrected chi connectivity index (χ4v) is 4.24. The molecule has 0 saturated heterocycles. The van der Waals surface area contributed by atoms with Crippen LogP contribution in [0.3, 0.4) is 0 Å². The summed E-state index contributed by atoms with van der Waals surface area (Å²) in [6.07, 6.45) is 4.77. The quantitative estimate of drug-likeness (QED) is 0.618. The van der Waals surface area contributed by atoms with Gasteiger partial charge in [-0.2, -0.15) is 0 Å². The summed E-state index contributed by atoms with van der Waals surface area (Å²) in [5.41, 5.74) is 3.20. The number of aliphatic carboxylic acids is 1. The predicted molar refractivity (Wildman–Crippen MR) is 94.4 cm³/mol. The number of benzene rings is 1. The molecule has 0 amide bonds. The SMILES string of the molecule is COc1c(C)c2c(c(O)c1C/C=C(\C)C1CCCC1C(=O)O)C(=O)OC2. The number of rotatable bonds is 5. The molecular weight excluding hydrogens is 336 g/mol. The largest absolute Gasteiger partial charge is 0.507 e. The minimum absolute atomic E-state index is 0.0149. The van der Waals surface area contributed by atoms with Crippen LogP contribution >= 0.6 is 0 Å². The zero-order valence-electron chi connectivity index (χ0n) is 15.3. The van der Waals surface area contributed by atoms with Gasteiger partial charge in [0.05, 0.1) is 13.0 Å². The molecule has 2 aliphatic rings. The van der Waals surface area contributed by atoms with E-state index in [1.165, 1.54) is 7.11 Å². The molecule has 0 bridgehead atoms. The van der Waals surface area contributed by atoms with Crippen molar-refractivity contribution in [2.24, 2.45) is 11.8 Å². The van der Waals surface area contributed by atoms with E-state index in [1.807, 2.05) is 19.9 Å². The van der Waals surface area contributed by atoms with Crippen LogP contribution in [0.2, 0.25) is 0 Å². The molecule has 2 N–H and O–H groups in total. The van der Waals surface area contributed by atoms with E-state index >= 15 is 0 Å². The van der Waals surface area contributed by atoms with Gasteiger partial charge in [-0.3, -0.25) is 4.79 Å².